The normalized spacial score (nSPS) is 17.3. The highest BCUT2D eigenvalue weighted by Crippen LogP contribution is 2.36. The monoisotopic (exact) mass is 433 g/mol. The quantitative estimate of drug-likeness (QED) is 0.520. The number of rotatable bonds is 2. The van der Waals surface area contributed by atoms with Crippen molar-refractivity contribution in [2.75, 3.05) is 0 Å². The van der Waals surface area contributed by atoms with Crippen LogP contribution in [-0.4, -0.2) is 16.1 Å². The number of nitrogens with zero attached hydrogens (tertiary/aromatic N) is 2. The summed E-state index contributed by atoms with van der Waals surface area (Å²) in [5, 5.41) is 3.69. The highest BCUT2D eigenvalue weighted by Gasteiger charge is 2.31. The second kappa shape index (κ2) is 7.53. The van der Waals surface area contributed by atoms with E-state index in [1.54, 1.807) is 12.3 Å². The van der Waals surface area contributed by atoms with Gasteiger partial charge in [-0.15, -0.1) is 0 Å². The minimum atomic E-state index is -4.51. The van der Waals surface area contributed by atoms with Crippen molar-refractivity contribution >= 4 is 57.1 Å². The number of halogens is 4. The zero-order valence-corrected chi connectivity index (χ0v) is 16.1. The molecule has 1 N–H and O–H groups in total. The number of thioether (sulfide) groups is 1. The van der Waals surface area contributed by atoms with Crippen LogP contribution >= 0.6 is 23.4 Å². The van der Waals surface area contributed by atoms with Crippen molar-refractivity contribution in [2.45, 2.75) is 6.18 Å². The van der Waals surface area contributed by atoms with Gasteiger partial charge in [-0.1, -0.05) is 23.7 Å². The van der Waals surface area contributed by atoms with E-state index in [1.807, 2.05) is 30.3 Å². The number of aromatic nitrogens is 1. The SMILES string of the molecule is O=C1NC(=Nc2cc(C(F)(F)F)ccc2Cl)SC1=Cc1ccc2ncccc2c1. The Morgan fingerprint density at radius 2 is 1.97 bits per heavy atom. The second-order valence-electron chi connectivity index (χ2n) is 6.10. The molecule has 1 aliphatic rings. The smallest absolute Gasteiger partial charge is 0.300 e. The Labute approximate surface area is 172 Å². The number of amides is 1. The summed E-state index contributed by atoms with van der Waals surface area (Å²) in [7, 11) is 0. The summed E-state index contributed by atoms with van der Waals surface area (Å²) in [6.45, 7) is 0. The van der Waals surface area contributed by atoms with Gasteiger partial charge in [0.05, 0.1) is 26.7 Å². The van der Waals surface area contributed by atoms with Crippen LogP contribution in [0.1, 0.15) is 11.1 Å². The summed E-state index contributed by atoms with van der Waals surface area (Å²) in [4.78, 5) is 21.0. The number of carbonyl (C=O) groups is 1. The fourth-order valence-corrected chi connectivity index (χ4v) is 3.69. The van der Waals surface area contributed by atoms with Crippen LogP contribution < -0.4 is 5.32 Å². The van der Waals surface area contributed by atoms with Gasteiger partial charge in [0.1, 0.15) is 0 Å². The van der Waals surface area contributed by atoms with Crippen molar-refractivity contribution in [3.63, 3.8) is 0 Å². The van der Waals surface area contributed by atoms with E-state index in [1.165, 1.54) is 0 Å². The summed E-state index contributed by atoms with van der Waals surface area (Å²) in [6.07, 6.45) is -1.13. The van der Waals surface area contributed by atoms with Crippen LogP contribution in [0.4, 0.5) is 18.9 Å². The third-order valence-electron chi connectivity index (χ3n) is 4.07. The van der Waals surface area contributed by atoms with Gasteiger partial charge in [-0.25, -0.2) is 4.99 Å². The third kappa shape index (κ3) is 4.28. The lowest BCUT2D eigenvalue weighted by atomic mass is 10.1. The molecule has 0 unspecified atom stereocenters. The minimum absolute atomic E-state index is 0.0554. The van der Waals surface area contributed by atoms with Crippen LogP contribution in [0.15, 0.2) is 64.6 Å². The van der Waals surface area contributed by atoms with Crippen molar-refractivity contribution in [3.8, 4) is 0 Å². The summed E-state index contributed by atoms with van der Waals surface area (Å²) in [5.41, 5.74) is 0.694. The Hall–Kier alpha value is -2.84. The average Bonchev–Trinajstić information content (AvgIpc) is 3.01. The van der Waals surface area contributed by atoms with E-state index in [0.717, 1.165) is 46.4 Å². The van der Waals surface area contributed by atoms with Gasteiger partial charge in [0.2, 0.25) is 0 Å². The number of hydrogen-bond acceptors (Lipinski definition) is 4. The second-order valence-corrected chi connectivity index (χ2v) is 7.54. The van der Waals surface area contributed by atoms with Gasteiger partial charge in [-0.3, -0.25) is 9.78 Å². The number of fused-ring (bicyclic) bond motifs is 1. The Balaban J connectivity index is 1.63. The lowest BCUT2D eigenvalue weighted by Crippen LogP contribution is -2.19. The molecule has 0 bridgehead atoms. The molecule has 0 spiro atoms. The Morgan fingerprint density at radius 1 is 1.14 bits per heavy atom. The topological polar surface area (TPSA) is 54.4 Å². The summed E-state index contributed by atoms with van der Waals surface area (Å²) in [5.74, 6) is -0.386. The number of pyridine rings is 1. The van der Waals surface area contributed by atoms with E-state index in [-0.39, 0.29) is 21.8 Å². The van der Waals surface area contributed by atoms with Gasteiger partial charge in [-0.05, 0) is 59.8 Å². The van der Waals surface area contributed by atoms with Crippen LogP contribution in [0, 0.1) is 0 Å². The molecule has 2 heterocycles. The first-order chi connectivity index (χ1) is 13.8. The van der Waals surface area contributed by atoms with Gasteiger partial charge in [0.25, 0.3) is 5.91 Å². The zero-order chi connectivity index (χ0) is 20.6. The molecule has 9 heteroatoms. The maximum absolute atomic E-state index is 12.9. The van der Waals surface area contributed by atoms with Crippen molar-refractivity contribution in [2.24, 2.45) is 4.99 Å². The molecule has 1 aliphatic heterocycles. The predicted octanol–water partition coefficient (Wildman–Crippen LogP) is 5.80. The number of amidine groups is 1. The number of benzene rings is 2. The van der Waals surface area contributed by atoms with E-state index in [9.17, 15) is 18.0 Å². The van der Waals surface area contributed by atoms with Crippen LogP contribution in [-0.2, 0) is 11.0 Å². The van der Waals surface area contributed by atoms with Crippen molar-refractivity contribution < 1.29 is 18.0 Å². The van der Waals surface area contributed by atoms with Gasteiger partial charge in [0.15, 0.2) is 5.17 Å². The summed E-state index contributed by atoms with van der Waals surface area (Å²) >= 11 is 7.00. The number of carbonyl (C=O) groups excluding carboxylic acids is 1. The van der Waals surface area contributed by atoms with E-state index in [0.29, 0.717) is 4.91 Å². The third-order valence-corrected chi connectivity index (χ3v) is 5.30. The zero-order valence-electron chi connectivity index (χ0n) is 14.5. The van der Waals surface area contributed by atoms with Crippen molar-refractivity contribution in [3.05, 3.63) is 75.8 Å². The van der Waals surface area contributed by atoms with Crippen LogP contribution in [0.3, 0.4) is 0 Å². The van der Waals surface area contributed by atoms with Gasteiger partial charge < -0.3 is 5.32 Å². The van der Waals surface area contributed by atoms with Crippen LogP contribution in [0.5, 0.6) is 0 Å². The van der Waals surface area contributed by atoms with Gasteiger partial charge in [-0.2, -0.15) is 13.2 Å². The number of aliphatic imine (C=N–C) groups is 1. The number of nitrogens with one attached hydrogen (secondary N) is 1. The maximum Gasteiger partial charge on any atom is 0.416 e. The lowest BCUT2D eigenvalue weighted by Gasteiger charge is -2.08. The first-order valence-corrected chi connectivity index (χ1v) is 9.50. The fourth-order valence-electron chi connectivity index (χ4n) is 2.70. The minimum Gasteiger partial charge on any atom is -0.300 e. The molecule has 2 aromatic carbocycles. The molecular formula is C20H11ClF3N3OS. The Kier molecular flexibility index (Phi) is 5.06. The van der Waals surface area contributed by atoms with Crippen LogP contribution in [0.25, 0.3) is 17.0 Å². The predicted molar refractivity (Wildman–Crippen MR) is 109 cm³/mol. The van der Waals surface area contributed by atoms with Crippen molar-refractivity contribution in [1.29, 1.82) is 0 Å². The molecule has 0 radical (unpaired) electrons. The Morgan fingerprint density at radius 3 is 2.76 bits per heavy atom. The first-order valence-electron chi connectivity index (χ1n) is 8.31. The molecule has 29 heavy (non-hydrogen) atoms. The highest BCUT2D eigenvalue weighted by molar-refractivity contribution is 8.18. The highest BCUT2D eigenvalue weighted by atomic mass is 35.5. The molecular weight excluding hydrogens is 423 g/mol. The van der Waals surface area contributed by atoms with E-state index in [2.05, 4.69) is 15.3 Å². The molecule has 0 atom stereocenters. The molecule has 1 amide bonds. The van der Waals surface area contributed by atoms with Crippen LogP contribution in [0.2, 0.25) is 5.02 Å². The molecule has 4 nitrogen and oxygen atoms in total. The molecule has 3 aromatic rings. The number of alkyl halides is 3. The van der Waals surface area contributed by atoms with Gasteiger partial charge in [0, 0.05) is 11.6 Å². The van der Waals surface area contributed by atoms with Crippen molar-refractivity contribution in [1.82, 2.24) is 10.3 Å². The molecule has 1 saturated heterocycles. The van der Waals surface area contributed by atoms with Gasteiger partial charge >= 0.3 is 6.18 Å². The molecule has 4 rings (SSSR count). The molecule has 0 saturated carbocycles. The Bertz CT molecular complexity index is 1190. The largest absolute Gasteiger partial charge is 0.416 e. The average molecular weight is 434 g/mol. The maximum atomic E-state index is 12.9. The van der Waals surface area contributed by atoms with E-state index < -0.39 is 11.7 Å². The summed E-state index contributed by atoms with van der Waals surface area (Å²) < 4.78 is 38.7. The molecule has 0 aliphatic carbocycles. The standard InChI is InChI=1S/C20H11ClF3N3OS/c21-14-5-4-13(20(22,23)24)10-16(14)26-19-27-18(28)17(29-19)9-11-3-6-15-12(8-11)2-1-7-25-15/h1-10H,(H,26,27,28). The van der Waals surface area contributed by atoms with E-state index in [4.69, 9.17) is 11.6 Å². The molecule has 1 aromatic heterocycles. The lowest BCUT2D eigenvalue weighted by molar-refractivity contribution is -0.137. The molecule has 1 fully saturated rings. The van der Waals surface area contributed by atoms with E-state index >= 15 is 0 Å². The molecule has 146 valence electrons. The first kappa shape index (κ1) is 19.5. The number of hydrogen-bond donors (Lipinski definition) is 1. The summed E-state index contributed by atoms with van der Waals surface area (Å²) in [6, 6.07) is 12.2. The fraction of sp³-hybridized carbons (Fsp3) is 0.0500.